The van der Waals surface area contributed by atoms with Gasteiger partial charge in [0.15, 0.2) is 17.5 Å². The third-order valence-electron chi connectivity index (χ3n) is 16.6. The molecule has 6 nitrogen and oxygen atoms in total. The van der Waals surface area contributed by atoms with E-state index in [0.717, 1.165) is 99.5 Å². The average molecular weight is 1110 g/mol. The first-order chi connectivity index (χ1) is 41.6. The number of thiophene rings is 2. The van der Waals surface area contributed by atoms with Gasteiger partial charge in [-0.25, -0.2) is 15.0 Å². The van der Waals surface area contributed by atoms with E-state index < -0.39 is 0 Å². The summed E-state index contributed by atoms with van der Waals surface area (Å²) in [4.78, 5) is 16.2. The lowest BCUT2D eigenvalue weighted by molar-refractivity contribution is 1.06. The van der Waals surface area contributed by atoms with Gasteiger partial charge in [0, 0.05) is 84.1 Å². The molecule has 5 heterocycles. The average Bonchev–Trinajstić information content (AvgIpc) is 1.93. The van der Waals surface area contributed by atoms with Gasteiger partial charge in [0.25, 0.3) is 0 Å². The van der Waals surface area contributed by atoms with Crippen molar-refractivity contribution < 1.29 is 0 Å². The number of rotatable bonds is 8. The van der Waals surface area contributed by atoms with Crippen LogP contribution in [0.25, 0.3) is 163 Å². The second-order valence-electron chi connectivity index (χ2n) is 21.3. The largest absolute Gasteiger partial charge is 0.308 e. The molecule has 0 amide bonds. The molecule has 84 heavy (non-hydrogen) atoms. The van der Waals surface area contributed by atoms with E-state index in [0.29, 0.717) is 28.6 Å². The lowest BCUT2D eigenvalue weighted by Gasteiger charge is -2.24. The molecule has 12 aromatic carbocycles. The van der Waals surface area contributed by atoms with Crippen LogP contribution in [0.5, 0.6) is 0 Å². The normalized spacial score (nSPS) is 11.8. The molecule has 0 unspecified atom stereocenters. The summed E-state index contributed by atoms with van der Waals surface area (Å²) < 4.78 is 9.70. The summed E-state index contributed by atoms with van der Waals surface area (Å²) >= 11 is 3.66. The molecule has 0 radical (unpaired) electrons. The topological polar surface area (TPSA) is 72.3 Å². The zero-order valence-electron chi connectivity index (χ0n) is 44.9. The van der Waals surface area contributed by atoms with Gasteiger partial charge in [-0.2, -0.15) is 5.26 Å². The molecule has 17 aromatic rings. The fourth-order valence-electron chi connectivity index (χ4n) is 12.9. The van der Waals surface area contributed by atoms with Crippen LogP contribution in [-0.4, -0.2) is 24.1 Å². The zero-order valence-corrected chi connectivity index (χ0v) is 46.5. The summed E-state index contributed by atoms with van der Waals surface area (Å²) in [7, 11) is 0. The number of benzene rings is 12. The highest BCUT2D eigenvalue weighted by molar-refractivity contribution is 7.27. The molecule has 390 valence electrons. The van der Waals surface area contributed by atoms with E-state index in [1.807, 2.05) is 83.3 Å². The Bertz CT molecular complexity index is 5490. The van der Waals surface area contributed by atoms with E-state index >= 15 is 0 Å². The molecule has 0 spiro atoms. The highest BCUT2D eigenvalue weighted by Crippen LogP contribution is 2.52. The zero-order chi connectivity index (χ0) is 55.4. The van der Waals surface area contributed by atoms with Crippen molar-refractivity contribution in [1.82, 2.24) is 24.1 Å². The standard InChI is InChI=1S/C76H44N6S2/c77-45-53-44-60(76-79-74(49-26-12-4-13-27-49)78-75(80-76)50-28-14-5-15-29-50)71(82-62-39-35-52(47-22-8-2-9-23-47)43-59(62)69-64(82)41-37-57-55-31-17-19-33-66(55)84-73(57)69)67(48-24-10-3-11-25-48)70(53)81-61-38-34-51(46-20-6-1-7-21-46)42-58(61)68-63(81)40-36-56-54-30-16-18-32-65(54)83-72(56)68/h1-44H. The molecule has 0 saturated heterocycles. The summed E-state index contributed by atoms with van der Waals surface area (Å²) in [5.41, 5.74) is 14.8. The van der Waals surface area contributed by atoms with Gasteiger partial charge in [-0.3, -0.25) is 0 Å². The number of nitrogens with zero attached hydrogens (tertiary/aromatic N) is 6. The van der Waals surface area contributed by atoms with Crippen LogP contribution >= 0.6 is 22.7 Å². The Balaban J connectivity index is 1.09. The molecule has 0 fully saturated rings. The second-order valence-corrected chi connectivity index (χ2v) is 23.4. The van der Waals surface area contributed by atoms with Gasteiger partial charge in [0.05, 0.1) is 39.0 Å². The van der Waals surface area contributed by atoms with Crippen LogP contribution in [0.3, 0.4) is 0 Å². The van der Waals surface area contributed by atoms with E-state index in [1.165, 1.54) is 40.3 Å². The van der Waals surface area contributed by atoms with Crippen molar-refractivity contribution in [1.29, 1.82) is 5.26 Å². The van der Waals surface area contributed by atoms with Crippen molar-refractivity contribution in [2.24, 2.45) is 0 Å². The summed E-state index contributed by atoms with van der Waals surface area (Å²) in [5, 5.41) is 21.6. The Morgan fingerprint density at radius 1 is 0.310 bits per heavy atom. The summed E-state index contributed by atoms with van der Waals surface area (Å²) in [6.45, 7) is 0. The molecule has 8 heteroatoms. The van der Waals surface area contributed by atoms with E-state index in [4.69, 9.17) is 15.0 Å². The fraction of sp³-hybridized carbons (Fsp3) is 0. The van der Waals surface area contributed by atoms with Gasteiger partial charge >= 0.3 is 0 Å². The maximum absolute atomic E-state index is 12.2. The molecule has 5 aromatic heterocycles. The van der Waals surface area contributed by atoms with Gasteiger partial charge in [0.2, 0.25) is 0 Å². The SMILES string of the molecule is N#Cc1cc(-c2nc(-c3ccccc3)nc(-c3ccccc3)n2)c(-n2c3ccc(-c4ccccc4)cc3c3c4sc5ccccc5c4ccc32)c(-c2ccccc2)c1-n1c2ccc(-c3ccccc3)cc2c2c3sc4ccccc4c3ccc21. The highest BCUT2D eigenvalue weighted by Gasteiger charge is 2.31. The Labute approximate surface area is 490 Å². The van der Waals surface area contributed by atoms with Crippen molar-refractivity contribution in [2.45, 2.75) is 0 Å². The van der Waals surface area contributed by atoms with Crippen molar-refractivity contribution in [2.75, 3.05) is 0 Å². The second kappa shape index (κ2) is 19.2. The van der Waals surface area contributed by atoms with Gasteiger partial charge in [-0.15, -0.1) is 22.7 Å². The Kier molecular flexibility index (Phi) is 10.9. The molecule has 0 saturated carbocycles. The molecule has 0 aliphatic heterocycles. The molecule has 0 N–H and O–H groups in total. The molecular weight excluding hydrogens is 1060 g/mol. The van der Waals surface area contributed by atoms with Crippen molar-refractivity contribution >= 4 is 107 Å². The Hall–Kier alpha value is -10.8. The predicted molar refractivity (Wildman–Crippen MR) is 352 cm³/mol. The van der Waals surface area contributed by atoms with Gasteiger partial charge < -0.3 is 9.13 Å². The van der Waals surface area contributed by atoms with Crippen LogP contribution in [0.4, 0.5) is 0 Å². The number of hydrogen-bond acceptors (Lipinski definition) is 6. The van der Waals surface area contributed by atoms with Crippen LogP contribution in [0, 0.1) is 11.3 Å². The Morgan fingerprint density at radius 2 is 0.702 bits per heavy atom. The first kappa shape index (κ1) is 47.9. The molecular formula is C76H44N6S2. The summed E-state index contributed by atoms with van der Waals surface area (Å²) in [6.07, 6.45) is 0. The summed E-state index contributed by atoms with van der Waals surface area (Å²) in [6, 6.07) is 97.4. The minimum atomic E-state index is 0.443. The molecule has 17 rings (SSSR count). The van der Waals surface area contributed by atoms with E-state index in [-0.39, 0.29) is 0 Å². The van der Waals surface area contributed by atoms with Crippen LogP contribution in [0.15, 0.2) is 267 Å². The maximum Gasteiger partial charge on any atom is 0.166 e. The highest BCUT2D eigenvalue weighted by atomic mass is 32.1. The lowest BCUT2D eigenvalue weighted by Crippen LogP contribution is -2.10. The van der Waals surface area contributed by atoms with Gasteiger partial charge in [-0.05, 0) is 82.4 Å². The van der Waals surface area contributed by atoms with E-state index in [2.05, 4.69) is 221 Å². The van der Waals surface area contributed by atoms with Crippen LogP contribution in [-0.2, 0) is 0 Å². The van der Waals surface area contributed by atoms with Gasteiger partial charge in [0.1, 0.15) is 6.07 Å². The van der Waals surface area contributed by atoms with Crippen molar-refractivity contribution in [3.8, 4) is 85.0 Å². The first-order valence-electron chi connectivity index (χ1n) is 28.1. The third-order valence-corrected chi connectivity index (χ3v) is 19.0. The molecule has 0 atom stereocenters. The number of hydrogen-bond donors (Lipinski definition) is 0. The minimum Gasteiger partial charge on any atom is -0.308 e. The van der Waals surface area contributed by atoms with E-state index in [1.54, 1.807) is 0 Å². The predicted octanol–water partition coefficient (Wildman–Crippen LogP) is 20.7. The molecule has 0 aliphatic carbocycles. The fourth-order valence-corrected chi connectivity index (χ4v) is 15.4. The maximum atomic E-state index is 12.2. The number of nitriles is 1. The Morgan fingerprint density at radius 3 is 1.17 bits per heavy atom. The quantitative estimate of drug-likeness (QED) is 0.152. The number of fused-ring (bicyclic) bond motifs is 14. The molecule has 0 bridgehead atoms. The molecule has 0 aliphatic rings. The summed E-state index contributed by atoms with van der Waals surface area (Å²) in [5.74, 6) is 1.50. The van der Waals surface area contributed by atoms with Crippen molar-refractivity contribution in [3.63, 3.8) is 0 Å². The van der Waals surface area contributed by atoms with E-state index in [9.17, 15) is 5.26 Å². The number of aromatic nitrogens is 5. The van der Waals surface area contributed by atoms with Crippen LogP contribution in [0.1, 0.15) is 5.56 Å². The van der Waals surface area contributed by atoms with Crippen molar-refractivity contribution in [3.05, 3.63) is 272 Å². The van der Waals surface area contributed by atoms with Crippen LogP contribution < -0.4 is 0 Å². The first-order valence-corrected chi connectivity index (χ1v) is 29.7. The lowest BCUT2D eigenvalue weighted by atomic mass is 9.93. The van der Waals surface area contributed by atoms with Gasteiger partial charge in [-0.1, -0.05) is 212 Å². The minimum absolute atomic E-state index is 0.443. The smallest absolute Gasteiger partial charge is 0.166 e. The monoisotopic (exact) mass is 1100 g/mol. The van der Waals surface area contributed by atoms with Crippen LogP contribution in [0.2, 0.25) is 0 Å². The third kappa shape index (κ3) is 7.43.